The van der Waals surface area contributed by atoms with Gasteiger partial charge >= 0.3 is 5.97 Å². The molecule has 6 nitrogen and oxygen atoms in total. The van der Waals surface area contributed by atoms with Gasteiger partial charge in [0.1, 0.15) is 0 Å². The summed E-state index contributed by atoms with van der Waals surface area (Å²) < 4.78 is 9.78. The molecule has 0 aliphatic carbocycles. The fourth-order valence-electron chi connectivity index (χ4n) is 1.83. The van der Waals surface area contributed by atoms with Crippen LogP contribution in [-0.2, 0) is 25.5 Å². The van der Waals surface area contributed by atoms with Gasteiger partial charge in [0.2, 0.25) is 5.91 Å². The Labute approximate surface area is 115 Å². The molecule has 0 spiro atoms. The molecule has 1 aliphatic heterocycles. The number of ether oxygens (including phenoxy) is 2. The second-order valence-electron chi connectivity index (χ2n) is 4.27. The Morgan fingerprint density at radius 2 is 2.26 bits per heavy atom. The number of carbonyl (C=O) groups is 2. The molecule has 1 amide bonds. The second kappa shape index (κ2) is 6.63. The monoisotopic (exact) mass is 284 g/mol. The van der Waals surface area contributed by atoms with Crippen LogP contribution in [0, 0.1) is 5.92 Å². The van der Waals surface area contributed by atoms with Crippen molar-refractivity contribution in [3.05, 3.63) is 11.1 Å². The SMILES string of the molecule is COC(=O)Cc1csc(NC(=O)C2CCOCC2)n1. The molecule has 1 fully saturated rings. The number of esters is 1. The number of nitrogens with zero attached hydrogens (tertiary/aromatic N) is 1. The summed E-state index contributed by atoms with van der Waals surface area (Å²) in [6.45, 7) is 1.26. The van der Waals surface area contributed by atoms with E-state index in [9.17, 15) is 9.59 Å². The molecule has 0 bridgehead atoms. The summed E-state index contributed by atoms with van der Waals surface area (Å²) in [4.78, 5) is 27.3. The van der Waals surface area contributed by atoms with Crippen LogP contribution in [-0.4, -0.2) is 37.2 Å². The summed E-state index contributed by atoms with van der Waals surface area (Å²) in [6.07, 6.45) is 1.61. The van der Waals surface area contributed by atoms with Gasteiger partial charge in [-0.25, -0.2) is 4.98 Å². The first-order valence-corrected chi connectivity index (χ1v) is 6.97. The summed E-state index contributed by atoms with van der Waals surface area (Å²) in [6, 6.07) is 0. The molecular weight excluding hydrogens is 268 g/mol. The van der Waals surface area contributed by atoms with Crippen LogP contribution in [0.25, 0.3) is 0 Å². The Kier molecular flexibility index (Phi) is 4.86. The lowest BCUT2D eigenvalue weighted by atomic mass is 10.00. The van der Waals surface area contributed by atoms with Gasteiger partial charge in [0.15, 0.2) is 5.13 Å². The number of rotatable bonds is 4. The summed E-state index contributed by atoms with van der Waals surface area (Å²) in [5.41, 5.74) is 0.610. The Bertz CT molecular complexity index is 454. The highest BCUT2D eigenvalue weighted by Gasteiger charge is 2.22. The fraction of sp³-hybridized carbons (Fsp3) is 0.583. The van der Waals surface area contributed by atoms with Gasteiger partial charge in [0.05, 0.1) is 19.2 Å². The molecular formula is C12H16N2O4S. The van der Waals surface area contributed by atoms with Gasteiger partial charge in [-0.15, -0.1) is 11.3 Å². The number of carbonyl (C=O) groups excluding carboxylic acids is 2. The molecule has 0 radical (unpaired) electrons. The van der Waals surface area contributed by atoms with Gasteiger partial charge in [0, 0.05) is 24.5 Å². The van der Waals surface area contributed by atoms with E-state index in [0.29, 0.717) is 24.0 Å². The van der Waals surface area contributed by atoms with E-state index in [1.165, 1.54) is 18.4 Å². The molecule has 104 valence electrons. The van der Waals surface area contributed by atoms with Crippen LogP contribution in [0.5, 0.6) is 0 Å². The lowest BCUT2D eigenvalue weighted by molar-refractivity contribution is -0.139. The van der Waals surface area contributed by atoms with E-state index in [0.717, 1.165) is 12.8 Å². The zero-order valence-corrected chi connectivity index (χ0v) is 11.5. The van der Waals surface area contributed by atoms with Crippen molar-refractivity contribution in [1.82, 2.24) is 4.98 Å². The molecule has 0 saturated carbocycles. The maximum atomic E-state index is 12.0. The van der Waals surface area contributed by atoms with E-state index < -0.39 is 0 Å². The zero-order valence-electron chi connectivity index (χ0n) is 10.7. The van der Waals surface area contributed by atoms with E-state index in [-0.39, 0.29) is 24.2 Å². The Morgan fingerprint density at radius 3 is 2.95 bits per heavy atom. The minimum absolute atomic E-state index is 0.0123. The third kappa shape index (κ3) is 4.00. The van der Waals surface area contributed by atoms with Crippen molar-refractivity contribution in [2.45, 2.75) is 19.3 Å². The molecule has 2 rings (SSSR count). The third-order valence-corrected chi connectivity index (χ3v) is 3.73. The smallest absolute Gasteiger partial charge is 0.311 e. The van der Waals surface area contributed by atoms with Crippen LogP contribution in [0.15, 0.2) is 5.38 Å². The first kappa shape index (κ1) is 14.0. The number of hydrogen-bond donors (Lipinski definition) is 1. The summed E-state index contributed by atoms with van der Waals surface area (Å²) in [5, 5.41) is 5.05. The molecule has 2 heterocycles. The summed E-state index contributed by atoms with van der Waals surface area (Å²) in [5.74, 6) is -0.378. The van der Waals surface area contributed by atoms with Crippen LogP contribution >= 0.6 is 11.3 Å². The third-order valence-electron chi connectivity index (χ3n) is 2.93. The highest BCUT2D eigenvalue weighted by Crippen LogP contribution is 2.20. The lowest BCUT2D eigenvalue weighted by Gasteiger charge is -2.20. The van der Waals surface area contributed by atoms with E-state index in [2.05, 4.69) is 15.0 Å². The topological polar surface area (TPSA) is 77.5 Å². The maximum Gasteiger partial charge on any atom is 0.311 e. The lowest BCUT2D eigenvalue weighted by Crippen LogP contribution is -2.28. The van der Waals surface area contributed by atoms with Crippen molar-refractivity contribution in [1.29, 1.82) is 0 Å². The van der Waals surface area contributed by atoms with Crippen molar-refractivity contribution in [2.75, 3.05) is 25.6 Å². The number of anilines is 1. The standard InChI is InChI=1S/C12H16N2O4S/c1-17-10(15)6-9-7-19-12(13-9)14-11(16)8-2-4-18-5-3-8/h7-8H,2-6H2,1H3,(H,13,14,16). The molecule has 0 atom stereocenters. The Hall–Kier alpha value is -1.47. The normalized spacial score (nSPS) is 16.1. The van der Waals surface area contributed by atoms with Crippen molar-refractivity contribution in [3.8, 4) is 0 Å². The van der Waals surface area contributed by atoms with Crippen LogP contribution in [0.3, 0.4) is 0 Å². The van der Waals surface area contributed by atoms with Gasteiger partial charge in [-0.3, -0.25) is 9.59 Å². The van der Waals surface area contributed by atoms with Gasteiger partial charge in [-0.1, -0.05) is 0 Å². The fourth-order valence-corrected chi connectivity index (χ4v) is 2.55. The minimum atomic E-state index is -0.340. The van der Waals surface area contributed by atoms with Gasteiger partial charge in [-0.05, 0) is 12.8 Å². The highest BCUT2D eigenvalue weighted by molar-refractivity contribution is 7.13. The number of amides is 1. The van der Waals surface area contributed by atoms with Gasteiger partial charge in [0.25, 0.3) is 0 Å². The first-order chi connectivity index (χ1) is 9.19. The van der Waals surface area contributed by atoms with E-state index >= 15 is 0 Å². The number of aromatic nitrogens is 1. The zero-order chi connectivity index (χ0) is 13.7. The van der Waals surface area contributed by atoms with Gasteiger partial charge in [-0.2, -0.15) is 0 Å². The Balaban J connectivity index is 1.88. The first-order valence-electron chi connectivity index (χ1n) is 6.09. The maximum absolute atomic E-state index is 12.0. The van der Waals surface area contributed by atoms with E-state index in [1.54, 1.807) is 5.38 Å². The van der Waals surface area contributed by atoms with Crippen LogP contribution in [0.4, 0.5) is 5.13 Å². The largest absolute Gasteiger partial charge is 0.469 e. The van der Waals surface area contributed by atoms with Crippen molar-refractivity contribution in [2.24, 2.45) is 5.92 Å². The van der Waals surface area contributed by atoms with Crippen molar-refractivity contribution < 1.29 is 19.1 Å². The second-order valence-corrected chi connectivity index (χ2v) is 5.13. The number of methoxy groups -OCH3 is 1. The quantitative estimate of drug-likeness (QED) is 0.841. The molecule has 0 unspecified atom stereocenters. The van der Waals surface area contributed by atoms with Gasteiger partial charge < -0.3 is 14.8 Å². The molecule has 1 saturated heterocycles. The molecule has 19 heavy (non-hydrogen) atoms. The molecule has 7 heteroatoms. The van der Waals surface area contributed by atoms with Crippen molar-refractivity contribution in [3.63, 3.8) is 0 Å². The average molecular weight is 284 g/mol. The number of hydrogen-bond acceptors (Lipinski definition) is 6. The Morgan fingerprint density at radius 1 is 1.53 bits per heavy atom. The van der Waals surface area contributed by atoms with Crippen LogP contribution in [0.2, 0.25) is 0 Å². The highest BCUT2D eigenvalue weighted by atomic mass is 32.1. The van der Waals surface area contributed by atoms with E-state index in [1.807, 2.05) is 0 Å². The van der Waals surface area contributed by atoms with Crippen LogP contribution < -0.4 is 5.32 Å². The molecule has 1 aromatic heterocycles. The molecule has 0 aromatic carbocycles. The predicted octanol–water partition coefficient (Wildman–Crippen LogP) is 1.22. The van der Waals surface area contributed by atoms with E-state index in [4.69, 9.17) is 4.74 Å². The van der Waals surface area contributed by atoms with Crippen molar-refractivity contribution >= 4 is 28.3 Å². The number of nitrogens with one attached hydrogen (secondary N) is 1. The minimum Gasteiger partial charge on any atom is -0.469 e. The summed E-state index contributed by atoms with van der Waals surface area (Å²) in [7, 11) is 1.34. The molecule has 1 aromatic rings. The molecule has 1 N–H and O–H groups in total. The summed E-state index contributed by atoms with van der Waals surface area (Å²) >= 11 is 1.31. The number of thiazole rings is 1. The van der Waals surface area contributed by atoms with Crippen LogP contribution in [0.1, 0.15) is 18.5 Å². The average Bonchev–Trinajstić information content (AvgIpc) is 2.86. The molecule has 1 aliphatic rings. The predicted molar refractivity (Wildman–Crippen MR) is 70.0 cm³/mol.